The highest BCUT2D eigenvalue weighted by Gasteiger charge is 2.42. The molecule has 0 radical (unpaired) electrons. The van der Waals surface area contributed by atoms with Gasteiger partial charge in [-0.2, -0.15) is 5.10 Å². The molecular weight excluding hydrogens is 310 g/mol. The Balaban J connectivity index is 1.71. The van der Waals surface area contributed by atoms with Crippen LogP contribution in [0.4, 0.5) is 0 Å². The zero-order valence-electron chi connectivity index (χ0n) is 13.4. The third-order valence-corrected chi connectivity index (χ3v) is 4.86. The summed E-state index contributed by atoms with van der Waals surface area (Å²) >= 11 is 1.61. The summed E-state index contributed by atoms with van der Waals surface area (Å²) in [5, 5.41) is 12.4. The number of rotatable bonds is 6. The smallest absolute Gasteiger partial charge is 0.244 e. The zero-order valence-corrected chi connectivity index (χ0v) is 14.2. The molecule has 6 nitrogen and oxygen atoms in total. The summed E-state index contributed by atoms with van der Waals surface area (Å²) < 4.78 is 0. The van der Waals surface area contributed by atoms with Gasteiger partial charge in [0.15, 0.2) is 11.6 Å². The van der Waals surface area contributed by atoms with Gasteiger partial charge in [-0.05, 0) is 44.8 Å². The van der Waals surface area contributed by atoms with Gasteiger partial charge < -0.3 is 10.2 Å². The molecule has 2 aromatic rings. The summed E-state index contributed by atoms with van der Waals surface area (Å²) in [6.45, 7) is 0.741. The molecule has 1 aliphatic carbocycles. The van der Waals surface area contributed by atoms with Gasteiger partial charge in [0.1, 0.15) is 0 Å². The van der Waals surface area contributed by atoms with Crippen LogP contribution < -0.4 is 5.32 Å². The van der Waals surface area contributed by atoms with Gasteiger partial charge in [0.05, 0.1) is 10.4 Å². The first-order valence-electron chi connectivity index (χ1n) is 7.69. The van der Waals surface area contributed by atoms with Gasteiger partial charge >= 0.3 is 0 Å². The summed E-state index contributed by atoms with van der Waals surface area (Å²) in [7, 11) is 3.94. The fourth-order valence-electron chi connectivity index (χ4n) is 2.59. The van der Waals surface area contributed by atoms with Gasteiger partial charge in [0, 0.05) is 12.6 Å². The minimum Gasteiger partial charge on any atom is -0.340 e. The van der Waals surface area contributed by atoms with E-state index in [1.807, 2.05) is 42.6 Å². The topological polar surface area (TPSA) is 73.9 Å². The van der Waals surface area contributed by atoms with Gasteiger partial charge in [0.2, 0.25) is 5.91 Å². The number of carbonyl (C=O) groups is 1. The standard InChI is InChI=1S/C16H21N5OS/c1-21(2)10-3-7-13(22)18-16(8-5-9-16)15-17-14(19-20-15)12-6-4-11-23-12/h3-4,6-7,11H,5,8-10H2,1-2H3,(H,18,22)(H,17,19,20)/b7-3+. The highest BCUT2D eigenvalue weighted by atomic mass is 32.1. The Hall–Kier alpha value is -1.99. The lowest BCUT2D eigenvalue weighted by Crippen LogP contribution is -2.51. The normalized spacial score (nSPS) is 16.7. The molecule has 0 saturated heterocycles. The lowest BCUT2D eigenvalue weighted by Gasteiger charge is -2.40. The van der Waals surface area contributed by atoms with E-state index in [0.717, 1.165) is 36.5 Å². The number of carbonyl (C=O) groups excluding carboxylic acids is 1. The van der Waals surface area contributed by atoms with Crippen molar-refractivity contribution >= 4 is 17.2 Å². The number of amides is 1. The highest BCUT2D eigenvalue weighted by molar-refractivity contribution is 7.13. The number of H-pyrrole nitrogens is 1. The predicted molar refractivity (Wildman–Crippen MR) is 91.1 cm³/mol. The van der Waals surface area contributed by atoms with E-state index in [4.69, 9.17) is 0 Å². The number of hydrogen-bond donors (Lipinski definition) is 2. The Kier molecular flexibility index (Phi) is 4.58. The lowest BCUT2D eigenvalue weighted by atomic mass is 9.76. The summed E-state index contributed by atoms with van der Waals surface area (Å²) in [5.41, 5.74) is -0.401. The highest BCUT2D eigenvalue weighted by Crippen LogP contribution is 2.40. The molecule has 2 N–H and O–H groups in total. The first-order valence-corrected chi connectivity index (χ1v) is 8.57. The van der Waals surface area contributed by atoms with Crippen LogP contribution >= 0.6 is 11.3 Å². The Morgan fingerprint density at radius 1 is 1.52 bits per heavy atom. The van der Waals surface area contributed by atoms with Crippen LogP contribution in [0.5, 0.6) is 0 Å². The molecule has 2 aromatic heterocycles. The van der Waals surface area contributed by atoms with Crippen LogP contribution in [0.15, 0.2) is 29.7 Å². The van der Waals surface area contributed by atoms with Crippen LogP contribution in [0.2, 0.25) is 0 Å². The Labute approximate surface area is 139 Å². The summed E-state index contributed by atoms with van der Waals surface area (Å²) in [5.74, 6) is 1.36. The van der Waals surface area contributed by atoms with Crippen molar-refractivity contribution in [1.29, 1.82) is 0 Å². The second kappa shape index (κ2) is 6.64. The van der Waals surface area contributed by atoms with E-state index >= 15 is 0 Å². The molecule has 3 rings (SSSR count). The van der Waals surface area contributed by atoms with Crippen molar-refractivity contribution in [2.45, 2.75) is 24.8 Å². The predicted octanol–water partition coefficient (Wildman–Crippen LogP) is 2.15. The van der Waals surface area contributed by atoms with E-state index in [1.54, 1.807) is 17.4 Å². The summed E-state index contributed by atoms with van der Waals surface area (Å²) in [6, 6.07) is 3.97. The lowest BCUT2D eigenvalue weighted by molar-refractivity contribution is -0.119. The van der Waals surface area contributed by atoms with E-state index in [2.05, 4.69) is 20.5 Å². The van der Waals surface area contributed by atoms with Crippen LogP contribution in [-0.2, 0) is 10.3 Å². The second-order valence-corrected chi connectivity index (χ2v) is 7.02. The van der Waals surface area contributed by atoms with Gasteiger partial charge in [0.25, 0.3) is 0 Å². The molecule has 1 saturated carbocycles. The maximum absolute atomic E-state index is 12.2. The number of nitrogens with zero attached hydrogens (tertiary/aromatic N) is 3. The number of thiophene rings is 1. The zero-order chi connectivity index (χ0) is 16.3. The number of nitrogens with one attached hydrogen (secondary N) is 2. The van der Waals surface area contributed by atoms with Gasteiger partial charge in [-0.25, -0.2) is 4.98 Å². The molecule has 0 aliphatic heterocycles. The molecule has 122 valence electrons. The van der Waals surface area contributed by atoms with Gasteiger partial charge in [-0.15, -0.1) is 11.3 Å². The minimum atomic E-state index is -0.401. The van der Waals surface area contributed by atoms with Crippen LogP contribution in [0, 0.1) is 0 Å². The maximum atomic E-state index is 12.2. The third-order valence-electron chi connectivity index (χ3n) is 3.99. The molecule has 0 atom stereocenters. The molecule has 0 aromatic carbocycles. The fourth-order valence-corrected chi connectivity index (χ4v) is 3.25. The molecule has 1 aliphatic rings. The van der Waals surface area contributed by atoms with E-state index < -0.39 is 5.54 Å². The maximum Gasteiger partial charge on any atom is 0.244 e. The molecule has 23 heavy (non-hydrogen) atoms. The minimum absolute atomic E-state index is 0.0828. The van der Waals surface area contributed by atoms with Crippen molar-refractivity contribution in [2.75, 3.05) is 20.6 Å². The monoisotopic (exact) mass is 331 g/mol. The Morgan fingerprint density at radius 2 is 2.35 bits per heavy atom. The molecule has 1 amide bonds. The number of hydrogen-bond acceptors (Lipinski definition) is 5. The van der Waals surface area contributed by atoms with Crippen molar-refractivity contribution in [1.82, 2.24) is 25.4 Å². The fraction of sp³-hybridized carbons (Fsp3) is 0.438. The van der Waals surface area contributed by atoms with E-state index in [9.17, 15) is 4.79 Å². The largest absolute Gasteiger partial charge is 0.340 e. The van der Waals surface area contributed by atoms with Gasteiger partial charge in [-0.3, -0.25) is 9.89 Å². The van der Waals surface area contributed by atoms with Gasteiger partial charge in [-0.1, -0.05) is 12.1 Å². The molecule has 0 spiro atoms. The summed E-state index contributed by atoms with van der Waals surface area (Å²) in [6.07, 6.45) is 6.31. The summed E-state index contributed by atoms with van der Waals surface area (Å²) in [4.78, 5) is 19.8. The molecule has 2 heterocycles. The molecule has 1 fully saturated rings. The van der Waals surface area contributed by atoms with Crippen LogP contribution in [0.25, 0.3) is 10.7 Å². The second-order valence-electron chi connectivity index (χ2n) is 6.07. The SMILES string of the molecule is CN(C)C/C=C/C(=O)NC1(c2nc(-c3cccs3)n[nH]2)CCC1. The van der Waals surface area contributed by atoms with Crippen LogP contribution in [-0.4, -0.2) is 46.6 Å². The first kappa shape index (κ1) is 15.9. The Morgan fingerprint density at radius 3 is 2.96 bits per heavy atom. The van der Waals surface area contributed by atoms with Crippen molar-refractivity contribution in [2.24, 2.45) is 0 Å². The molecule has 0 bridgehead atoms. The molecule has 7 heteroatoms. The van der Waals surface area contributed by atoms with Crippen molar-refractivity contribution < 1.29 is 4.79 Å². The van der Waals surface area contributed by atoms with E-state index in [-0.39, 0.29) is 5.91 Å². The third kappa shape index (κ3) is 3.51. The van der Waals surface area contributed by atoms with Crippen molar-refractivity contribution in [3.05, 3.63) is 35.5 Å². The first-order chi connectivity index (χ1) is 11.1. The number of likely N-dealkylation sites (N-methyl/N-ethyl adjacent to an activating group) is 1. The number of aromatic nitrogens is 3. The quantitative estimate of drug-likeness (QED) is 0.796. The van der Waals surface area contributed by atoms with E-state index in [0.29, 0.717) is 5.82 Å². The molecular formula is C16H21N5OS. The molecule has 0 unspecified atom stereocenters. The average molecular weight is 331 g/mol. The van der Waals surface area contributed by atoms with E-state index in [1.165, 1.54) is 0 Å². The number of aromatic amines is 1. The van der Waals surface area contributed by atoms with Crippen LogP contribution in [0.3, 0.4) is 0 Å². The average Bonchev–Trinajstić information content (AvgIpc) is 3.13. The van der Waals surface area contributed by atoms with Crippen molar-refractivity contribution in [3.63, 3.8) is 0 Å². The van der Waals surface area contributed by atoms with Crippen molar-refractivity contribution in [3.8, 4) is 10.7 Å². The Bertz CT molecular complexity index is 685. The van der Waals surface area contributed by atoms with Crippen LogP contribution in [0.1, 0.15) is 25.1 Å².